The number of carbonyl (C=O) groups is 1. The Morgan fingerprint density at radius 3 is 2.77 bits per heavy atom. The van der Waals surface area contributed by atoms with Crippen LogP contribution in [0.25, 0.3) is 0 Å². The van der Waals surface area contributed by atoms with E-state index in [9.17, 15) is 4.79 Å². The molecule has 0 saturated carbocycles. The van der Waals surface area contributed by atoms with E-state index in [0.717, 1.165) is 29.1 Å². The molecule has 1 aromatic carbocycles. The molecule has 3 nitrogen and oxygen atoms in total. The van der Waals surface area contributed by atoms with Gasteiger partial charge >= 0.3 is 0 Å². The number of rotatable bonds is 6. The van der Waals surface area contributed by atoms with Crippen LogP contribution in [0.4, 0.5) is 0 Å². The monoisotopic (exact) mass is 300 g/mol. The fraction of sp³-hybridized carbons (Fsp3) is 0.421. The summed E-state index contributed by atoms with van der Waals surface area (Å²) >= 11 is 0. The van der Waals surface area contributed by atoms with E-state index in [-0.39, 0.29) is 17.8 Å². The highest BCUT2D eigenvalue weighted by molar-refractivity contribution is 5.95. The molecule has 118 valence electrons. The quantitative estimate of drug-likeness (QED) is 0.733. The highest BCUT2D eigenvalue weighted by Gasteiger charge is 2.21. The summed E-state index contributed by atoms with van der Waals surface area (Å²) < 4.78 is 11.4. The first kappa shape index (κ1) is 16.3. The van der Waals surface area contributed by atoms with Crippen LogP contribution in [0.2, 0.25) is 0 Å². The third kappa shape index (κ3) is 4.48. The molecule has 0 heterocycles. The van der Waals surface area contributed by atoms with Crippen molar-refractivity contribution in [3.8, 4) is 11.5 Å². The molecule has 0 saturated heterocycles. The molecule has 22 heavy (non-hydrogen) atoms. The van der Waals surface area contributed by atoms with Crippen molar-refractivity contribution in [1.29, 1.82) is 0 Å². The van der Waals surface area contributed by atoms with Gasteiger partial charge in [-0.25, -0.2) is 0 Å². The van der Waals surface area contributed by atoms with Gasteiger partial charge in [0.15, 0.2) is 5.78 Å². The molecule has 0 N–H and O–H groups in total. The van der Waals surface area contributed by atoms with E-state index < -0.39 is 0 Å². The van der Waals surface area contributed by atoms with E-state index in [4.69, 9.17) is 9.47 Å². The summed E-state index contributed by atoms with van der Waals surface area (Å²) in [5, 5.41) is 0. The molecule has 1 aliphatic rings. The number of Topliss-reactive ketones (excluding diaryl/α,β-unsaturated/α-hetero) is 1. The molecular weight excluding hydrogens is 276 g/mol. The van der Waals surface area contributed by atoms with Crippen LogP contribution in [0.5, 0.6) is 11.5 Å². The van der Waals surface area contributed by atoms with E-state index in [1.54, 1.807) is 0 Å². The van der Waals surface area contributed by atoms with Gasteiger partial charge in [0.2, 0.25) is 0 Å². The molecule has 0 spiro atoms. The topological polar surface area (TPSA) is 35.5 Å². The standard InChI is InChI=1S/C19H24O3/c1-13(2)22-18-7-5-6-17(11-18)21-12-15(4)16-9-8-14(3)19(20)10-16/h5-8,11,13,16H,4,9-10,12H2,1-3H3/t16-/m1/s1. The number of allylic oxidation sites excluding steroid dienone is 2. The number of benzene rings is 1. The highest BCUT2D eigenvalue weighted by Crippen LogP contribution is 2.27. The lowest BCUT2D eigenvalue weighted by Crippen LogP contribution is -2.18. The summed E-state index contributed by atoms with van der Waals surface area (Å²) in [6, 6.07) is 7.60. The van der Waals surface area contributed by atoms with Gasteiger partial charge in [-0.1, -0.05) is 18.7 Å². The Kier molecular flexibility index (Phi) is 5.42. The number of hydrogen-bond donors (Lipinski definition) is 0. The number of ketones is 1. The lowest BCUT2D eigenvalue weighted by molar-refractivity contribution is -0.116. The predicted octanol–water partition coefficient (Wildman–Crippen LogP) is 4.33. The van der Waals surface area contributed by atoms with E-state index in [1.807, 2.05) is 51.1 Å². The van der Waals surface area contributed by atoms with Gasteiger partial charge < -0.3 is 9.47 Å². The fourth-order valence-electron chi connectivity index (χ4n) is 2.42. The predicted molar refractivity (Wildman–Crippen MR) is 88.3 cm³/mol. The fourth-order valence-corrected chi connectivity index (χ4v) is 2.42. The Hall–Kier alpha value is -2.03. The molecule has 1 aliphatic carbocycles. The van der Waals surface area contributed by atoms with Crippen molar-refractivity contribution in [1.82, 2.24) is 0 Å². The van der Waals surface area contributed by atoms with Crippen LogP contribution in [-0.2, 0) is 4.79 Å². The molecule has 0 amide bonds. The van der Waals surface area contributed by atoms with Gasteiger partial charge in [0.25, 0.3) is 0 Å². The second kappa shape index (κ2) is 7.30. The Morgan fingerprint density at radius 2 is 2.09 bits per heavy atom. The zero-order chi connectivity index (χ0) is 16.1. The molecule has 3 heteroatoms. The van der Waals surface area contributed by atoms with Gasteiger partial charge in [-0.3, -0.25) is 4.79 Å². The summed E-state index contributed by atoms with van der Waals surface area (Å²) in [6.45, 7) is 10.4. The smallest absolute Gasteiger partial charge is 0.158 e. The lowest BCUT2D eigenvalue weighted by atomic mass is 9.85. The second-order valence-corrected chi connectivity index (χ2v) is 6.04. The van der Waals surface area contributed by atoms with E-state index in [2.05, 4.69) is 6.58 Å². The van der Waals surface area contributed by atoms with Crippen molar-refractivity contribution in [3.05, 3.63) is 48.1 Å². The van der Waals surface area contributed by atoms with Crippen LogP contribution in [0, 0.1) is 5.92 Å². The number of ether oxygens (including phenoxy) is 2. The van der Waals surface area contributed by atoms with Crippen molar-refractivity contribution in [3.63, 3.8) is 0 Å². The Balaban J connectivity index is 1.90. The van der Waals surface area contributed by atoms with Crippen LogP contribution >= 0.6 is 0 Å². The largest absolute Gasteiger partial charge is 0.491 e. The van der Waals surface area contributed by atoms with Gasteiger partial charge in [0, 0.05) is 12.5 Å². The summed E-state index contributed by atoms with van der Waals surface area (Å²) in [6.07, 6.45) is 3.55. The molecule has 0 unspecified atom stereocenters. The van der Waals surface area contributed by atoms with Crippen molar-refractivity contribution in [2.75, 3.05) is 6.61 Å². The Morgan fingerprint density at radius 1 is 1.36 bits per heavy atom. The van der Waals surface area contributed by atoms with Crippen LogP contribution < -0.4 is 9.47 Å². The molecule has 1 aromatic rings. The normalized spacial score (nSPS) is 18.1. The van der Waals surface area contributed by atoms with Crippen LogP contribution in [0.3, 0.4) is 0 Å². The van der Waals surface area contributed by atoms with E-state index in [1.165, 1.54) is 0 Å². The minimum Gasteiger partial charge on any atom is -0.491 e. The zero-order valence-electron chi connectivity index (χ0n) is 13.6. The highest BCUT2D eigenvalue weighted by atomic mass is 16.5. The average Bonchev–Trinajstić information content (AvgIpc) is 2.47. The van der Waals surface area contributed by atoms with Crippen LogP contribution in [0.15, 0.2) is 48.1 Å². The molecule has 0 aromatic heterocycles. The maximum atomic E-state index is 11.8. The van der Waals surface area contributed by atoms with Gasteiger partial charge in [-0.05, 0) is 56.4 Å². The van der Waals surface area contributed by atoms with Crippen molar-refractivity contribution < 1.29 is 14.3 Å². The first-order chi connectivity index (χ1) is 10.5. The molecule has 2 rings (SSSR count). The zero-order valence-corrected chi connectivity index (χ0v) is 13.6. The summed E-state index contributed by atoms with van der Waals surface area (Å²) in [4.78, 5) is 11.8. The lowest BCUT2D eigenvalue weighted by Gasteiger charge is -2.22. The first-order valence-electron chi connectivity index (χ1n) is 7.73. The third-order valence-corrected chi connectivity index (χ3v) is 3.76. The molecule has 0 radical (unpaired) electrons. The maximum Gasteiger partial charge on any atom is 0.158 e. The minimum atomic E-state index is 0.133. The van der Waals surface area contributed by atoms with Crippen LogP contribution in [-0.4, -0.2) is 18.5 Å². The molecular formula is C19H24O3. The maximum absolute atomic E-state index is 11.8. The number of carbonyl (C=O) groups excluding carboxylic acids is 1. The van der Waals surface area contributed by atoms with Gasteiger partial charge in [0.05, 0.1) is 6.10 Å². The molecule has 0 fully saturated rings. The van der Waals surface area contributed by atoms with Crippen molar-refractivity contribution >= 4 is 5.78 Å². The Bertz CT molecular complexity index is 584. The molecule has 0 bridgehead atoms. The van der Waals surface area contributed by atoms with Crippen LogP contribution in [0.1, 0.15) is 33.6 Å². The average molecular weight is 300 g/mol. The summed E-state index contributed by atoms with van der Waals surface area (Å²) in [7, 11) is 0. The minimum absolute atomic E-state index is 0.133. The van der Waals surface area contributed by atoms with Gasteiger partial charge in [-0.2, -0.15) is 0 Å². The summed E-state index contributed by atoms with van der Waals surface area (Å²) in [5.41, 5.74) is 1.83. The molecule has 1 atom stereocenters. The van der Waals surface area contributed by atoms with Crippen molar-refractivity contribution in [2.45, 2.75) is 39.7 Å². The van der Waals surface area contributed by atoms with Gasteiger partial charge in [0.1, 0.15) is 18.1 Å². The summed E-state index contributed by atoms with van der Waals surface area (Å²) in [5.74, 6) is 1.95. The first-order valence-corrected chi connectivity index (χ1v) is 7.73. The van der Waals surface area contributed by atoms with E-state index in [0.29, 0.717) is 13.0 Å². The van der Waals surface area contributed by atoms with Crippen molar-refractivity contribution in [2.24, 2.45) is 5.92 Å². The Labute approximate surface area is 132 Å². The van der Waals surface area contributed by atoms with E-state index >= 15 is 0 Å². The van der Waals surface area contributed by atoms with Gasteiger partial charge in [-0.15, -0.1) is 0 Å². The third-order valence-electron chi connectivity index (χ3n) is 3.76. The number of hydrogen-bond acceptors (Lipinski definition) is 3. The molecule has 0 aliphatic heterocycles. The SMILES string of the molecule is C=C(COc1cccc(OC(C)C)c1)[C@@H]1CC=C(C)C(=O)C1. The second-order valence-electron chi connectivity index (χ2n) is 6.04.